The number of amides is 1. The normalized spacial score (nSPS) is 14.9. The Labute approximate surface area is 149 Å². The molecule has 1 aliphatic heterocycles. The monoisotopic (exact) mass is 360 g/mol. The molecule has 1 aliphatic rings. The first kappa shape index (κ1) is 20.1. The van der Waals surface area contributed by atoms with E-state index in [0.29, 0.717) is 36.3 Å². The summed E-state index contributed by atoms with van der Waals surface area (Å²) in [5, 5.41) is 3.95. The number of piperidine rings is 1. The van der Waals surface area contributed by atoms with Gasteiger partial charge in [-0.2, -0.15) is 0 Å². The van der Waals surface area contributed by atoms with Gasteiger partial charge in [0.25, 0.3) is 0 Å². The van der Waals surface area contributed by atoms with Crippen LogP contribution in [0.15, 0.2) is 24.3 Å². The van der Waals surface area contributed by atoms with Crippen molar-refractivity contribution in [2.45, 2.75) is 25.7 Å². The van der Waals surface area contributed by atoms with E-state index in [1.165, 1.54) is 12.8 Å². The SMILES string of the molecule is CN(CCOc1ccccc1Cl)C(=O)CCC1CCNCC1.Cl. The number of halogens is 2. The second-order valence-corrected chi connectivity index (χ2v) is 6.23. The van der Waals surface area contributed by atoms with Gasteiger partial charge in [-0.1, -0.05) is 23.7 Å². The Hall–Kier alpha value is -0.970. The molecule has 1 aromatic carbocycles. The smallest absolute Gasteiger partial charge is 0.222 e. The van der Waals surface area contributed by atoms with Crippen LogP contribution in [0.4, 0.5) is 0 Å². The average molecular weight is 361 g/mol. The van der Waals surface area contributed by atoms with Crippen LogP contribution in [0.3, 0.4) is 0 Å². The Bertz CT molecular complexity index is 479. The molecule has 1 aromatic rings. The number of carbonyl (C=O) groups excluding carboxylic acids is 1. The van der Waals surface area contributed by atoms with Gasteiger partial charge in [0.1, 0.15) is 12.4 Å². The molecule has 2 rings (SSSR count). The van der Waals surface area contributed by atoms with Crippen molar-refractivity contribution in [3.63, 3.8) is 0 Å². The molecule has 0 radical (unpaired) electrons. The Morgan fingerprint density at radius 1 is 1.35 bits per heavy atom. The summed E-state index contributed by atoms with van der Waals surface area (Å²) < 4.78 is 5.62. The highest BCUT2D eigenvalue weighted by molar-refractivity contribution is 6.32. The van der Waals surface area contributed by atoms with Gasteiger partial charge < -0.3 is 15.0 Å². The maximum Gasteiger partial charge on any atom is 0.222 e. The largest absolute Gasteiger partial charge is 0.490 e. The molecule has 1 N–H and O–H groups in total. The van der Waals surface area contributed by atoms with Gasteiger partial charge in [-0.15, -0.1) is 12.4 Å². The zero-order valence-corrected chi connectivity index (χ0v) is 15.2. The van der Waals surface area contributed by atoms with Crippen molar-refractivity contribution >= 4 is 29.9 Å². The first-order chi connectivity index (χ1) is 10.7. The predicted molar refractivity (Wildman–Crippen MR) is 96.7 cm³/mol. The van der Waals surface area contributed by atoms with Gasteiger partial charge in [-0.05, 0) is 50.4 Å². The van der Waals surface area contributed by atoms with Crippen molar-refractivity contribution in [1.82, 2.24) is 10.2 Å². The molecule has 6 heteroatoms. The van der Waals surface area contributed by atoms with Crippen LogP contribution in [0, 0.1) is 5.92 Å². The molecule has 1 amide bonds. The van der Waals surface area contributed by atoms with Crippen molar-refractivity contribution in [2.24, 2.45) is 5.92 Å². The zero-order chi connectivity index (χ0) is 15.8. The van der Waals surface area contributed by atoms with E-state index >= 15 is 0 Å². The number of nitrogens with zero attached hydrogens (tertiary/aromatic N) is 1. The van der Waals surface area contributed by atoms with Gasteiger partial charge in [0.2, 0.25) is 5.91 Å². The molecule has 130 valence electrons. The molecule has 1 heterocycles. The molecular formula is C17H26Cl2N2O2. The highest BCUT2D eigenvalue weighted by Gasteiger charge is 2.16. The number of hydrogen-bond donors (Lipinski definition) is 1. The minimum absolute atomic E-state index is 0. The first-order valence-corrected chi connectivity index (χ1v) is 8.36. The quantitative estimate of drug-likeness (QED) is 0.810. The lowest BCUT2D eigenvalue weighted by atomic mass is 9.93. The number of hydrogen-bond acceptors (Lipinski definition) is 3. The summed E-state index contributed by atoms with van der Waals surface area (Å²) in [6, 6.07) is 7.38. The molecule has 0 atom stereocenters. The molecular weight excluding hydrogens is 335 g/mol. The Morgan fingerprint density at radius 3 is 2.74 bits per heavy atom. The highest BCUT2D eigenvalue weighted by Crippen LogP contribution is 2.23. The summed E-state index contributed by atoms with van der Waals surface area (Å²) >= 11 is 6.03. The molecule has 0 saturated carbocycles. The van der Waals surface area contributed by atoms with E-state index in [1.54, 1.807) is 11.0 Å². The Morgan fingerprint density at radius 2 is 2.04 bits per heavy atom. The van der Waals surface area contributed by atoms with E-state index in [-0.39, 0.29) is 18.3 Å². The molecule has 0 aliphatic carbocycles. The van der Waals surface area contributed by atoms with Gasteiger partial charge in [-0.3, -0.25) is 4.79 Å². The number of likely N-dealkylation sites (N-methyl/N-ethyl adjacent to an activating group) is 1. The van der Waals surface area contributed by atoms with Crippen LogP contribution < -0.4 is 10.1 Å². The second-order valence-electron chi connectivity index (χ2n) is 5.83. The molecule has 0 aromatic heterocycles. The van der Waals surface area contributed by atoms with E-state index in [0.717, 1.165) is 19.5 Å². The van der Waals surface area contributed by atoms with Crippen LogP contribution in [-0.4, -0.2) is 44.1 Å². The topological polar surface area (TPSA) is 41.6 Å². The van der Waals surface area contributed by atoms with Gasteiger partial charge in [0.15, 0.2) is 0 Å². The van der Waals surface area contributed by atoms with E-state index in [1.807, 2.05) is 25.2 Å². The third kappa shape index (κ3) is 6.98. The number of ether oxygens (including phenoxy) is 1. The van der Waals surface area contributed by atoms with Crippen molar-refractivity contribution in [2.75, 3.05) is 33.3 Å². The van der Waals surface area contributed by atoms with Crippen LogP contribution in [0.25, 0.3) is 0 Å². The van der Waals surface area contributed by atoms with Crippen molar-refractivity contribution in [1.29, 1.82) is 0 Å². The number of carbonyl (C=O) groups is 1. The molecule has 0 bridgehead atoms. The summed E-state index contributed by atoms with van der Waals surface area (Å²) in [4.78, 5) is 13.9. The van der Waals surface area contributed by atoms with Crippen molar-refractivity contribution in [3.05, 3.63) is 29.3 Å². The molecule has 4 nitrogen and oxygen atoms in total. The Balaban J connectivity index is 0.00000264. The Kier molecular flexibility index (Phi) is 9.37. The fraction of sp³-hybridized carbons (Fsp3) is 0.588. The van der Waals surface area contributed by atoms with E-state index in [9.17, 15) is 4.79 Å². The third-order valence-electron chi connectivity index (χ3n) is 4.17. The average Bonchev–Trinajstić information content (AvgIpc) is 2.55. The lowest BCUT2D eigenvalue weighted by Crippen LogP contribution is -2.32. The van der Waals surface area contributed by atoms with Gasteiger partial charge >= 0.3 is 0 Å². The number of benzene rings is 1. The fourth-order valence-electron chi connectivity index (χ4n) is 2.67. The van der Waals surface area contributed by atoms with Crippen LogP contribution in [-0.2, 0) is 4.79 Å². The molecule has 1 fully saturated rings. The van der Waals surface area contributed by atoms with Crippen LogP contribution in [0.1, 0.15) is 25.7 Å². The summed E-state index contributed by atoms with van der Waals surface area (Å²) in [5.74, 6) is 1.55. The van der Waals surface area contributed by atoms with Crippen LogP contribution in [0.2, 0.25) is 5.02 Å². The summed E-state index contributed by atoms with van der Waals surface area (Å²) in [5.41, 5.74) is 0. The fourth-order valence-corrected chi connectivity index (χ4v) is 2.86. The number of para-hydroxylation sites is 1. The lowest BCUT2D eigenvalue weighted by molar-refractivity contribution is -0.130. The second kappa shape index (κ2) is 10.7. The molecule has 0 unspecified atom stereocenters. The van der Waals surface area contributed by atoms with Crippen LogP contribution in [0.5, 0.6) is 5.75 Å². The van der Waals surface area contributed by atoms with E-state index in [2.05, 4.69) is 5.32 Å². The summed E-state index contributed by atoms with van der Waals surface area (Å²) in [7, 11) is 1.83. The first-order valence-electron chi connectivity index (χ1n) is 7.99. The minimum Gasteiger partial charge on any atom is -0.490 e. The minimum atomic E-state index is 0. The predicted octanol–water partition coefficient (Wildman–Crippen LogP) is 3.38. The number of nitrogens with one attached hydrogen (secondary N) is 1. The van der Waals surface area contributed by atoms with Gasteiger partial charge in [0.05, 0.1) is 11.6 Å². The third-order valence-corrected chi connectivity index (χ3v) is 4.48. The maximum atomic E-state index is 12.1. The van der Waals surface area contributed by atoms with Crippen LogP contribution >= 0.6 is 24.0 Å². The van der Waals surface area contributed by atoms with Crippen molar-refractivity contribution in [3.8, 4) is 5.75 Å². The molecule has 23 heavy (non-hydrogen) atoms. The zero-order valence-electron chi connectivity index (χ0n) is 13.6. The van der Waals surface area contributed by atoms with Gasteiger partial charge in [0, 0.05) is 13.5 Å². The van der Waals surface area contributed by atoms with Gasteiger partial charge in [-0.25, -0.2) is 0 Å². The summed E-state index contributed by atoms with van der Waals surface area (Å²) in [6.07, 6.45) is 4.00. The molecule has 0 spiro atoms. The summed E-state index contributed by atoms with van der Waals surface area (Å²) in [6.45, 7) is 3.20. The molecule has 1 saturated heterocycles. The highest BCUT2D eigenvalue weighted by atomic mass is 35.5. The van der Waals surface area contributed by atoms with Crippen molar-refractivity contribution < 1.29 is 9.53 Å². The van der Waals surface area contributed by atoms with E-state index in [4.69, 9.17) is 16.3 Å². The number of rotatable bonds is 7. The van der Waals surface area contributed by atoms with E-state index < -0.39 is 0 Å². The standard InChI is InChI=1S/C17H25ClN2O2.ClH/c1-20(12-13-22-16-5-3-2-4-15(16)18)17(21)7-6-14-8-10-19-11-9-14;/h2-5,14,19H,6-13H2,1H3;1H. The maximum absolute atomic E-state index is 12.1. The lowest BCUT2D eigenvalue weighted by Gasteiger charge is -2.23.